The molecule has 2 amide bonds. The minimum absolute atomic E-state index is 0.180. The van der Waals surface area contributed by atoms with E-state index < -0.39 is 6.03 Å². The first kappa shape index (κ1) is 16.3. The Labute approximate surface area is 109 Å². The number of hydrogen-bond acceptors (Lipinski definition) is 4. The first-order chi connectivity index (χ1) is 9.03. The minimum atomic E-state index is -0.491. The second-order valence-electron chi connectivity index (χ2n) is 3.03. The van der Waals surface area contributed by atoms with Crippen LogP contribution in [-0.4, -0.2) is 32.2 Å². The van der Waals surface area contributed by atoms with E-state index in [0.717, 1.165) is 0 Å². The van der Waals surface area contributed by atoms with E-state index in [2.05, 4.69) is 20.9 Å². The highest BCUT2D eigenvalue weighted by Gasteiger charge is 2.01. The molecule has 102 valence electrons. The van der Waals surface area contributed by atoms with Gasteiger partial charge >= 0.3 is 6.03 Å². The average Bonchev–Trinajstić information content (AvgIpc) is 2.41. The third kappa shape index (κ3) is 8.06. The molecule has 0 radical (unpaired) electrons. The lowest BCUT2D eigenvalue weighted by molar-refractivity contribution is 0.247. The molecule has 8 heteroatoms. The highest BCUT2D eigenvalue weighted by Crippen LogP contribution is 2.07. The molecule has 0 saturated carbocycles. The molecule has 0 spiro atoms. The van der Waals surface area contributed by atoms with E-state index in [4.69, 9.17) is 10.2 Å². The van der Waals surface area contributed by atoms with Crippen molar-refractivity contribution in [1.29, 1.82) is 5.41 Å². The topological polar surface area (TPSA) is 106 Å². The van der Waals surface area contributed by atoms with Gasteiger partial charge in [0, 0.05) is 19.8 Å². The minimum Gasteiger partial charge on any atom is -0.341 e. The molecule has 0 saturated heterocycles. The van der Waals surface area contributed by atoms with Crippen molar-refractivity contribution in [3.8, 4) is 0 Å². The van der Waals surface area contributed by atoms with Gasteiger partial charge in [0.15, 0.2) is 0 Å². The predicted octanol–water partition coefficient (Wildman–Crippen LogP) is 1.05. The maximum absolute atomic E-state index is 12.5. The number of nitrogens with zero attached hydrogens (tertiary/aromatic N) is 1. The number of halogens is 1. The lowest BCUT2D eigenvalue weighted by Gasteiger charge is -2.08. The van der Waals surface area contributed by atoms with Gasteiger partial charge in [-0.05, 0) is 24.3 Å². The number of hydrogen-bond donors (Lipinski definition) is 4. The summed E-state index contributed by atoms with van der Waals surface area (Å²) in [7, 11) is 2.83. The fourth-order valence-electron chi connectivity index (χ4n) is 0.885. The van der Waals surface area contributed by atoms with Crippen molar-refractivity contribution in [3.05, 3.63) is 30.1 Å². The van der Waals surface area contributed by atoms with Crippen molar-refractivity contribution < 1.29 is 14.0 Å². The van der Waals surface area contributed by atoms with Crippen LogP contribution in [0, 0.1) is 11.2 Å². The van der Waals surface area contributed by atoms with E-state index in [1.165, 1.54) is 44.4 Å². The zero-order valence-corrected chi connectivity index (χ0v) is 10.5. The molecule has 0 fully saturated rings. The Morgan fingerprint density at radius 3 is 2.32 bits per heavy atom. The fourth-order valence-corrected chi connectivity index (χ4v) is 0.885. The molecule has 0 aromatic heterocycles. The van der Waals surface area contributed by atoms with Gasteiger partial charge in [-0.15, -0.1) is 0 Å². The maximum atomic E-state index is 12.5. The third-order valence-corrected chi connectivity index (χ3v) is 1.67. The number of urea groups is 1. The normalized spacial score (nSPS) is 8.16. The maximum Gasteiger partial charge on any atom is 0.321 e. The van der Waals surface area contributed by atoms with Crippen molar-refractivity contribution in [2.75, 3.05) is 19.4 Å². The zero-order valence-electron chi connectivity index (χ0n) is 10.5. The molecule has 1 aromatic carbocycles. The van der Waals surface area contributed by atoms with Gasteiger partial charge in [-0.2, -0.15) is 0 Å². The summed E-state index contributed by atoms with van der Waals surface area (Å²) in [5.41, 5.74) is 0.526. The summed E-state index contributed by atoms with van der Waals surface area (Å²) in [5.74, 6) is -0.535. The summed E-state index contributed by atoms with van der Waals surface area (Å²) in [5, 5.41) is 14.4. The molecule has 19 heavy (non-hydrogen) atoms. The van der Waals surface area contributed by atoms with Crippen molar-refractivity contribution >= 4 is 23.8 Å². The molecule has 0 aliphatic heterocycles. The van der Waals surface area contributed by atoms with Crippen LogP contribution < -0.4 is 16.0 Å². The van der Waals surface area contributed by atoms with Gasteiger partial charge in [-0.3, -0.25) is 10.7 Å². The molecule has 0 bridgehead atoms. The number of carbonyl (C=O) groups is 1. The van der Waals surface area contributed by atoms with Crippen LogP contribution in [0.15, 0.2) is 29.3 Å². The molecule has 0 heterocycles. The van der Waals surface area contributed by atoms with Gasteiger partial charge in [0.25, 0.3) is 0 Å². The lowest BCUT2D eigenvalue weighted by Crippen LogP contribution is -2.40. The van der Waals surface area contributed by atoms with Gasteiger partial charge < -0.3 is 10.6 Å². The zero-order chi connectivity index (χ0) is 14.7. The summed E-state index contributed by atoms with van der Waals surface area (Å²) in [6, 6.07) is 4.96. The number of isocyanates is 1. The first-order valence-corrected chi connectivity index (χ1v) is 5.09. The smallest absolute Gasteiger partial charge is 0.321 e. The van der Waals surface area contributed by atoms with E-state index >= 15 is 0 Å². The van der Waals surface area contributed by atoms with Gasteiger partial charge in [-0.25, -0.2) is 19.0 Å². The van der Waals surface area contributed by atoms with Crippen LogP contribution in [0.3, 0.4) is 0 Å². The van der Waals surface area contributed by atoms with Crippen LogP contribution in [0.1, 0.15) is 0 Å². The Kier molecular flexibility index (Phi) is 7.98. The number of aliphatic imine (C=N–C) groups is 1. The van der Waals surface area contributed by atoms with Crippen LogP contribution in [0.5, 0.6) is 0 Å². The van der Waals surface area contributed by atoms with Crippen molar-refractivity contribution in [2.24, 2.45) is 4.99 Å². The Balaban J connectivity index is 0.000000711. The Morgan fingerprint density at radius 2 is 1.89 bits per heavy atom. The van der Waals surface area contributed by atoms with Gasteiger partial charge in [0.2, 0.25) is 12.0 Å². The fraction of sp³-hybridized carbons (Fsp3) is 0.182. The number of anilines is 1. The van der Waals surface area contributed by atoms with Gasteiger partial charge in [0.1, 0.15) is 5.82 Å². The molecule has 4 N–H and O–H groups in total. The van der Waals surface area contributed by atoms with Crippen LogP contribution in [-0.2, 0) is 4.79 Å². The van der Waals surface area contributed by atoms with Crippen LogP contribution in [0.4, 0.5) is 14.9 Å². The largest absolute Gasteiger partial charge is 0.341 e. The summed E-state index contributed by atoms with van der Waals surface area (Å²) >= 11 is 0. The van der Waals surface area contributed by atoms with Crippen LogP contribution >= 0.6 is 0 Å². The van der Waals surface area contributed by atoms with Crippen LogP contribution in [0.2, 0.25) is 0 Å². The second kappa shape index (κ2) is 9.32. The second-order valence-corrected chi connectivity index (χ2v) is 3.03. The van der Waals surface area contributed by atoms with Gasteiger partial charge in [-0.1, -0.05) is 0 Å². The highest BCUT2D eigenvalue weighted by atomic mass is 19.1. The van der Waals surface area contributed by atoms with Crippen molar-refractivity contribution in [2.45, 2.75) is 0 Å². The molecule has 7 nitrogen and oxygen atoms in total. The quantitative estimate of drug-likeness (QED) is 0.347. The molecular formula is C11H14FN5O2. The number of benzene rings is 1. The van der Waals surface area contributed by atoms with Crippen molar-refractivity contribution in [1.82, 2.24) is 10.6 Å². The van der Waals surface area contributed by atoms with E-state index in [1.54, 1.807) is 0 Å². The highest BCUT2D eigenvalue weighted by molar-refractivity contribution is 6.01. The summed E-state index contributed by atoms with van der Waals surface area (Å²) in [6.07, 6.45) is 1.31. The Bertz CT molecular complexity index is 468. The number of amides is 2. The summed E-state index contributed by atoms with van der Waals surface area (Å²) in [4.78, 5) is 22.6. The number of nitrogens with one attached hydrogen (secondary N) is 4. The monoisotopic (exact) mass is 267 g/mol. The number of carbonyl (C=O) groups excluding carboxylic acids is 2. The van der Waals surface area contributed by atoms with Gasteiger partial charge in [0.05, 0.1) is 0 Å². The predicted molar refractivity (Wildman–Crippen MR) is 69.4 cm³/mol. The summed E-state index contributed by atoms with van der Waals surface area (Å²) in [6.45, 7) is 0. The molecule has 1 aromatic rings. The Hall–Kier alpha value is -2.73. The van der Waals surface area contributed by atoms with Crippen LogP contribution in [0.25, 0.3) is 0 Å². The molecule has 0 aliphatic carbocycles. The molecule has 0 atom stereocenters. The average molecular weight is 267 g/mol. The Morgan fingerprint density at radius 1 is 1.37 bits per heavy atom. The standard InChI is InChI=1S/C9H11FN4O.C2H3NO/c1-12-9(15)14-8(11)13-7-4-2-6(10)3-5-7;1-3-2-4/h2-5H,1H3,(H4,11,12,13,14,15);1H3. The van der Waals surface area contributed by atoms with E-state index in [1.807, 2.05) is 0 Å². The molecule has 1 rings (SSSR count). The number of rotatable bonds is 1. The molecule has 0 aliphatic rings. The molecule has 0 unspecified atom stereocenters. The first-order valence-electron chi connectivity index (χ1n) is 5.09. The van der Waals surface area contributed by atoms with E-state index in [0.29, 0.717) is 5.69 Å². The van der Waals surface area contributed by atoms with Crippen molar-refractivity contribution in [3.63, 3.8) is 0 Å². The van der Waals surface area contributed by atoms with E-state index in [9.17, 15) is 9.18 Å². The SMILES string of the molecule is CN=C=O.CNC(=O)NC(=N)Nc1ccc(F)cc1. The summed E-state index contributed by atoms with van der Waals surface area (Å²) < 4.78 is 12.5. The van der Waals surface area contributed by atoms with E-state index in [-0.39, 0.29) is 11.8 Å². The number of guanidine groups is 1. The third-order valence-electron chi connectivity index (χ3n) is 1.67. The molecular weight excluding hydrogens is 253 g/mol. The lowest BCUT2D eigenvalue weighted by atomic mass is 10.3.